The number of allylic oxidation sites excluding steroid dienone is 1. The molecular formula is C25H24N4O5S2. The summed E-state index contributed by atoms with van der Waals surface area (Å²) in [5, 5.41) is 19.1. The number of aromatic nitrogens is 2. The average molecular weight is 525 g/mol. The molecule has 0 atom stereocenters. The van der Waals surface area contributed by atoms with Gasteiger partial charge in [-0.15, -0.1) is 16.8 Å². The average Bonchev–Trinajstić information content (AvgIpc) is 3.31. The highest BCUT2D eigenvalue weighted by Crippen LogP contribution is 2.35. The number of methoxy groups -OCH3 is 1. The maximum Gasteiger partial charge on any atom is 0.268 e. The lowest BCUT2D eigenvalue weighted by Crippen LogP contribution is -2.13. The second-order valence-electron chi connectivity index (χ2n) is 7.69. The van der Waals surface area contributed by atoms with Gasteiger partial charge < -0.3 is 9.47 Å². The van der Waals surface area contributed by atoms with Gasteiger partial charge in [0.05, 0.1) is 7.11 Å². The Hall–Kier alpha value is -4.01. The van der Waals surface area contributed by atoms with Gasteiger partial charge in [-0.2, -0.15) is 5.26 Å². The Kier molecular flexibility index (Phi) is 8.58. The maximum atomic E-state index is 12.6. The van der Waals surface area contributed by atoms with E-state index < -0.39 is 15.7 Å². The molecule has 2 aromatic carbocycles. The molecule has 1 heterocycles. The van der Waals surface area contributed by atoms with Crippen LogP contribution in [0.2, 0.25) is 0 Å². The fourth-order valence-corrected chi connectivity index (χ4v) is 4.71. The van der Waals surface area contributed by atoms with Crippen molar-refractivity contribution in [3.63, 3.8) is 0 Å². The lowest BCUT2D eigenvalue weighted by Gasteiger charge is -2.16. The number of amides is 1. The van der Waals surface area contributed by atoms with Gasteiger partial charge in [-0.1, -0.05) is 41.7 Å². The first-order valence-corrected chi connectivity index (χ1v) is 13.3. The number of sulfone groups is 1. The molecule has 0 unspecified atom stereocenters. The van der Waals surface area contributed by atoms with Gasteiger partial charge in [0.2, 0.25) is 19.3 Å². The van der Waals surface area contributed by atoms with Crippen LogP contribution in [0.4, 0.5) is 5.13 Å². The standard InChI is InChI=1S/C25H24N4O5S2/c1-5-8-18-11-17(13-21(33-3)22(18)34-15-19-10-7-6-9-16(19)2)12-20(14-26)23(30)27-24-28-29-25(35-24)36(4,31)32/h5-7,9-13H,1,8,15H2,2-4H3,(H,27,28,30). The third kappa shape index (κ3) is 6.56. The second kappa shape index (κ2) is 11.6. The Morgan fingerprint density at radius 2 is 2.00 bits per heavy atom. The van der Waals surface area contributed by atoms with Crippen LogP contribution in [-0.2, 0) is 27.7 Å². The van der Waals surface area contributed by atoms with Gasteiger partial charge in [-0.25, -0.2) is 8.42 Å². The largest absolute Gasteiger partial charge is 0.493 e. The fourth-order valence-electron chi connectivity index (χ4n) is 3.20. The SMILES string of the molecule is C=CCc1cc(C=C(C#N)C(=O)Nc2nnc(S(C)(=O)=O)s2)cc(OC)c1OCc1ccccc1C. The van der Waals surface area contributed by atoms with Gasteiger partial charge in [-0.3, -0.25) is 10.1 Å². The van der Waals surface area contributed by atoms with E-state index >= 15 is 0 Å². The molecule has 1 amide bonds. The van der Waals surface area contributed by atoms with Gasteiger partial charge in [0.1, 0.15) is 18.2 Å². The van der Waals surface area contributed by atoms with E-state index in [0.717, 1.165) is 22.9 Å². The summed E-state index contributed by atoms with van der Waals surface area (Å²) in [6, 6.07) is 13.2. The Morgan fingerprint density at radius 1 is 1.25 bits per heavy atom. The molecule has 36 heavy (non-hydrogen) atoms. The topological polar surface area (TPSA) is 131 Å². The Bertz CT molecular complexity index is 1470. The van der Waals surface area contributed by atoms with Crippen LogP contribution in [0.25, 0.3) is 6.08 Å². The molecule has 9 nitrogen and oxygen atoms in total. The van der Waals surface area contributed by atoms with E-state index in [9.17, 15) is 18.5 Å². The Morgan fingerprint density at radius 3 is 2.61 bits per heavy atom. The van der Waals surface area contributed by atoms with E-state index in [1.54, 1.807) is 18.2 Å². The molecule has 0 spiro atoms. The minimum atomic E-state index is -3.56. The summed E-state index contributed by atoms with van der Waals surface area (Å²) in [6.45, 7) is 6.15. The number of anilines is 1. The van der Waals surface area contributed by atoms with Crippen molar-refractivity contribution in [3.05, 3.63) is 76.9 Å². The van der Waals surface area contributed by atoms with Crippen LogP contribution >= 0.6 is 11.3 Å². The summed E-state index contributed by atoms with van der Waals surface area (Å²) in [7, 11) is -2.05. The van der Waals surface area contributed by atoms with Crippen molar-refractivity contribution in [1.82, 2.24) is 10.2 Å². The van der Waals surface area contributed by atoms with Crippen molar-refractivity contribution in [3.8, 4) is 17.6 Å². The van der Waals surface area contributed by atoms with Gasteiger partial charge in [0, 0.05) is 11.8 Å². The van der Waals surface area contributed by atoms with E-state index in [2.05, 4.69) is 22.1 Å². The Labute approximate surface area is 213 Å². The third-order valence-corrected chi connectivity index (χ3v) is 7.50. The molecule has 0 saturated carbocycles. The molecule has 0 fully saturated rings. The minimum Gasteiger partial charge on any atom is -0.493 e. The quantitative estimate of drug-likeness (QED) is 0.181. The molecule has 0 aliphatic heterocycles. The zero-order valence-electron chi connectivity index (χ0n) is 19.9. The first kappa shape index (κ1) is 26.6. The lowest BCUT2D eigenvalue weighted by molar-refractivity contribution is -0.112. The maximum absolute atomic E-state index is 12.6. The highest BCUT2D eigenvalue weighted by Gasteiger charge is 2.18. The molecule has 0 bridgehead atoms. The highest BCUT2D eigenvalue weighted by atomic mass is 32.2. The first-order chi connectivity index (χ1) is 17.2. The number of nitrogens with zero attached hydrogens (tertiary/aromatic N) is 3. The summed E-state index contributed by atoms with van der Waals surface area (Å²) < 4.78 is 34.6. The minimum absolute atomic E-state index is 0.0357. The number of rotatable bonds is 10. The number of ether oxygens (including phenoxy) is 2. The molecule has 0 aliphatic carbocycles. The van der Waals surface area contributed by atoms with Gasteiger partial charge >= 0.3 is 0 Å². The molecule has 0 saturated heterocycles. The molecule has 0 radical (unpaired) electrons. The second-order valence-corrected chi connectivity index (χ2v) is 10.9. The first-order valence-electron chi connectivity index (χ1n) is 10.6. The lowest BCUT2D eigenvalue weighted by atomic mass is 10.0. The van der Waals surface area contributed by atoms with Gasteiger partial charge in [0.25, 0.3) is 5.91 Å². The number of aryl methyl sites for hydroxylation is 1. The molecule has 1 aromatic heterocycles. The van der Waals surface area contributed by atoms with Crippen LogP contribution < -0.4 is 14.8 Å². The summed E-state index contributed by atoms with van der Waals surface area (Å²) in [5.74, 6) is 0.231. The molecule has 3 aromatic rings. The summed E-state index contributed by atoms with van der Waals surface area (Å²) in [6.07, 6.45) is 4.57. The van der Waals surface area contributed by atoms with E-state index in [0.29, 0.717) is 41.4 Å². The summed E-state index contributed by atoms with van der Waals surface area (Å²) >= 11 is 0.698. The van der Waals surface area contributed by atoms with E-state index in [4.69, 9.17) is 9.47 Å². The van der Waals surface area contributed by atoms with Crippen LogP contribution in [0.1, 0.15) is 22.3 Å². The van der Waals surface area contributed by atoms with Crippen LogP contribution in [0.5, 0.6) is 11.5 Å². The van der Waals surface area contributed by atoms with Crippen LogP contribution in [-0.4, -0.2) is 37.9 Å². The number of carbonyl (C=O) groups excluding carboxylic acids is 1. The molecule has 0 aliphatic rings. The fraction of sp³-hybridized carbons (Fsp3) is 0.200. The summed E-state index contributed by atoms with van der Waals surface area (Å²) in [4.78, 5) is 12.6. The van der Waals surface area contributed by atoms with E-state index in [-0.39, 0.29) is 15.0 Å². The number of carbonyl (C=O) groups is 1. The molecule has 186 valence electrons. The van der Waals surface area contributed by atoms with Crippen molar-refractivity contribution in [2.75, 3.05) is 18.7 Å². The van der Waals surface area contributed by atoms with Crippen LogP contribution in [0, 0.1) is 18.3 Å². The smallest absolute Gasteiger partial charge is 0.268 e. The van der Waals surface area contributed by atoms with Crippen molar-refractivity contribution in [1.29, 1.82) is 5.26 Å². The number of nitrogens with one attached hydrogen (secondary N) is 1. The highest BCUT2D eigenvalue weighted by molar-refractivity contribution is 7.92. The number of nitriles is 1. The van der Waals surface area contributed by atoms with Gasteiger partial charge in [-0.05, 0) is 48.2 Å². The van der Waals surface area contributed by atoms with Crippen molar-refractivity contribution < 1.29 is 22.7 Å². The predicted octanol–water partition coefficient (Wildman–Crippen LogP) is 4.11. The predicted molar refractivity (Wildman–Crippen MR) is 138 cm³/mol. The van der Waals surface area contributed by atoms with E-state index in [1.807, 2.05) is 37.3 Å². The van der Waals surface area contributed by atoms with Crippen LogP contribution in [0.3, 0.4) is 0 Å². The zero-order chi connectivity index (χ0) is 26.3. The number of hydrogen-bond donors (Lipinski definition) is 1. The normalized spacial score (nSPS) is 11.4. The zero-order valence-corrected chi connectivity index (χ0v) is 21.6. The number of benzene rings is 2. The molecule has 11 heteroatoms. The van der Waals surface area contributed by atoms with E-state index in [1.165, 1.54) is 13.2 Å². The van der Waals surface area contributed by atoms with Crippen molar-refractivity contribution >= 4 is 38.3 Å². The summed E-state index contributed by atoms with van der Waals surface area (Å²) in [5.41, 5.74) is 3.22. The Balaban J connectivity index is 1.90. The van der Waals surface area contributed by atoms with Crippen molar-refractivity contribution in [2.24, 2.45) is 0 Å². The van der Waals surface area contributed by atoms with Crippen LogP contribution in [0.15, 0.2) is 59.0 Å². The molecule has 1 N–H and O–H groups in total. The monoisotopic (exact) mass is 524 g/mol. The van der Waals surface area contributed by atoms with Gasteiger partial charge in [0.15, 0.2) is 11.5 Å². The molecular weight excluding hydrogens is 500 g/mol. The third-order valence-electron chi connectivity index (χ3n) is 4.99. The number of hydrogen-bond acceptors (Lipinski definition) is 9. The van der Waals surface area contributed by atoms with Crippen molar-refractivity contribution in [2.45, 2.75) is 24.3 Å². The molecule has 3 rings (SSSR count).